The van der Waals surface area contributed by atoms with Gasteiger partial charge in [-0.3, -0.25) is 4.79 Å². The van der Waals surface area contributed by atoms with E-state index < -0.39 is 6.04 Å². The Labute approximate surface area is 145 Å². The largest absolute Gasteiger partial charge is 0.370 e. The zero-order valence-corrected chi connectivity index (χ0v) is 14.2. The third-order valence-electron chi connectivity index (χ3n) is 3.75. The standard InChI is InChI=1S/C16H20N6OS/c17-9-12-4-5-15(21-14(12)10-18)20-6-2-1-3-13(19)16(23)22-7-8-24-11-22/h4-5,13H,1-3,6-8,11,19H2,(H,20,21)/t13-/m0/s1. The summed E-state index contributed by atoms with van der Waals surface area (Å²) in [7, 11) is 0. The smallest absolute Gasteiger partial charge is 0.240 e. The van der Waals surface area contributed by atoms with E-state index in [1.165, 1.54) is 0 Å². The summed E-state index contributed by atoms with van der Waals surface area (Å²) in [6.07, 6.45) is 2.34. The molecule has 1 aliphatic rings. The van der Waals surface area contributed by atoms with E-state index in [0.717, 1.165) is 31.0 Å². The van der Waals surface area contributed by atoms with Gasteiger partial charge in [0.05, 0.1) is 17.5 Å². The first-order valence-electron chi connectivity index (χ1n) is 7.83. The minimum absolute atomic E-state index is 0.0420. The van der Waals surface area contributed by atoms with Crippen molar-refractivity contribution in [1.29, 1.82) is 10.5 Å². The van der Waals surface area contributed by atoms with Gasteiger partial charge in [0.25, 0.3) is 0 Å². The summed E-state index contributed by atoms with van der Waals surface area (Å²) >= 11 is 1.75. The van der Waals surface area contributed by atoms with E-state index in [1.807, 2.05) is 17.0 Å². The predicted molar refractivity (Wildman–Crippen MR) is 93.0 cm³/mol. The van der Waals surface area contributed by atoms with Gasteiger partial charge in [0.1, 0.15) is 18.0 Å². The van der Waals surface area contributed by atoms with Crippen LogP contribution in [0.5, 0.6) is 0 Å². The van der Waals surface area contributed by atoms with Crippen LogP contribution in [0.1, 0.15) is 30.5 Å². The summed E-state index contributed by atoms with van der Waals surface area (Å²) in [5, 5.41) is 20.9. The van der Waals surface area contributed by atoms with Gasteiger partial charge in [0, 0.05) is 18.8 Å². The number of unbranched alkanes of at least 4 members (excludes halogenated alkanes) is 1. The highest BCUT2D eigenvalue weighted by Crippen LogP contribution is 2.15. The highest BCUT2D eigenvalue weighted by atomic mass is 32.2. The third-order valence-corrected chi connectivity index (χ3v) is 4.72. The van der Waals surface area contributed by atoms with E-state index in [4.69, 9.17) is 16.3 Å². The molecule has 1 fully saturated rings. The van der Waals surface area contributed by atoms with Crippen LogP contribution in [-0.4, -0.2) is 46.6 Å². The zero-order valence-electron chi connectivity index (χ0n) is 13.4. The maximum Gasteiger partial charge on any atom is 0.240 e. The van der Waals surface area contributed by atoms with E-state index in [0.29, 0.717) is 18.8 Å². The Morgan fingerprint density at radius 2 is 2.25 bits per heavy atom. The Morgan fingerprint density at radius 3 is 2.92 bits per heavy atom. The van der Waals surface area contributed by atoms with Gasteiger partial charge in [-0.2, -0.15) is 10.5 Å². The first-order valence-corrected chi connectivity index (χ1v) is 8.98. The second kappa shape index (κ2) is 9.11. The quantitative estimate of drug-likeness (QED) is 0.715. The van der Waals surface area contributed by atoms with E-state index in [9.17, 15) is 4.79 Å². The van der Waals surface area contributed by atoms with Crippen LogP contribution in [0.15, 0.2) is 12.1 Å². The summed E-state index contributed by atoms with van der Waals surface area (Å²) in [4.78, 5) is 18.0. The summed E-state index contributed by atoms with van der Waals surface area (Å²) in [6, 6.07) is 6.67. The molecule has 0 aliphatic carbocycles. The molecule has 1 aromatic heterocycles. The number of carbonyl (C=O) groups is 1. The highest BCUT2D eigenvalue weighted by molar-refractivity contribution is 7.99. The van der Waals surface area contributed by atoms with Crippen molar-refractivity contribution in [3.63, 3.8) is 0 Å². The zero-order chi connectivity index (χ0) is 17.4. The molecule has 1 aliphatic heterocycles. The first kappa shape index (κ1) is 18.1. The maximum absolute atomic E-state index is 12.1. The molecule has 3 N–H and O–H groups in total. The Hall–Kier alpha value is -2.29. The third kappa shape index (κ3) is 4.85. The second-order valence-electron chi connectivity index (χ2n) is 5.48. The van der Waals surface area contributed by atoms with E-state index in [1.54, 1.807) is 23.9 Å². The lowest BCUT2D eigenvalue weighted by molar-refractivity contribution is -0.131. The van der Waals surface area contributed by atoms with Crippen molar-refractivity contribution >= 4 is 23.5 Å². The number of hydrogen-bond donors (Lipinski definition) is 2. The fraction of sp³-hybridized carbons (Fsp3) is 0.500. The fourth-order valence-electron chi connectivity index (χ4n) is 2.38. The topological polar surface area (TPSA) is 119 Å². The highest BCUT2D eigenvalue weighted by Gasteiger charge is 2.23. The molecule has 1 saturated heterocycles. The molecular weight excluding hydrogens is 324 g/mol. The molecule has 8 heteroatoms. The number of carbonyl (C=O) groups excluding carboxylic acids is 1. The van der Waals surface area contributed by atoms with Crippen LogP contribution in [0.3, 0.4) is 0 Å². The van der Waals surface area contributed by atoms with Crippen LogP contribution in [0, 0.1) is 22.7 Å². The average Bonchev–Trinajstić information content (AvgIpc) is 3.14. The molecule has 0 aromatic carbocycles. The molecule has 0 saturated carbocycles. The lowest BCUT2D eigenvalue weighted by Crippen LogP contribution is -2.42. The summed E-state index contributed by atoms with van der Waals surface area (Å²) in [5.74, 6) is 2.35. The molecule has 24 heavy (non-hydrogen) atoms. The van der Waals surface area contributed by atoms with Crippen LogP contribution in [0.4, 0.5) is 5.82 Å². The van der Waals surface area contributed by atoms with E-state index in [2.05, 4.69) is 10.3 Å². The number of pyridine rings is 1. The molecule has 1 aromatic rings. The molecular formula is C16H20N6OS. The Bertz CT molecular complexity index is 660. The van der Waals surface area contributed by atoms with Crippen LogP contribution < -0.4 is 11.1 Å². The number of nitrogens with one attached hydrogen (secondary N) is 1. The summed E-state index contributed by atoms with van der Waals surface area (Å²) < 4.78 is 0. The van der Waals surface area contributed by atoms with Crippen LogP contribution >= 0.6 is 11.8 Å². The minimum Gasteiger partial charge on any atom is -0.370 e. The number of nitrogens with two attached hydrogens (primary N) is 1. The van der Waals surface area contributed by atoms with Crippen LogP contribution in [-0.2, 0) is 4.79 Å². The molecule has 2 heterocycles. The monoisotopic (exact) mass is 344 g/mol. The lowest BCUT2D eigenvalue weighted by Gasteiger charge is -2.19. The summed E-state index contributed by atoms with van der Waals surface area (Å²) in [5.41, 5.74) is 6.35. The van der Waals surface area contributed by atoms with Crippen molar-refractivity contribution < 1.29 is 4.79 Å². The fourth-order valence-corrected chi connectivity index (χ4v) is 3.34. The van der Waals surface area contributed by atoms with Gasteiger partial charge in [0.15, 0.2) is 5.69 Å². The maximum atomic E-state index is 12.1. The molecule has 0 unspecified atom stereocenters. The van der Waals surface area contributed by atoms with Gasteiger partial charge in [-0.25, -0.2) is 4.98 Å². The summed E-state index contributed by atoms with van der Waals surface area (Å²) in [6.45, 7) is 1.47. The van der Waals surface area contributed by atoms with Gasteiger partial charge < -0.3 is 16.0 Å². The molecule has 7 nitrogen and oxygen atoms in total. The van der Waals surface area contributed by atoms with Gasteiger partial charge >= 0.3 is 0 Å². The van der Waals surface area contributed by atoms with Crippen molar-refractivity contribution in [1.82, 2.24) is 9.88 Å². The van der Waals surface area contributed by atoms with Gasteiger partial charge in [-0.1, -0.05) is 0 Å². The average molecular weight is 344 g/mol. The van der Waals surface area contributed by atoms with Crippen LogP contribution in [0.2, 0.25) is 0 Å². The van der Waals surface area contributed by atoms with Gasteiger partial charge in [-0.05, 0) is 31.4 Å². The molecule has 126 valence electrons. The Morgan fingerprint density at radius 1 is 1.42 bits per heavy atom. The number of aromatic nitrogens is 1. The Kier molecular flexibility index (Phi) is 6.86. The lowest BCUT2D eigenvalue weighted by atomic mass is 10.1. The number of thioether (sulfide) groups is 1. The van der Waals surface area contributed by atoms with Crippen molar-refractivity contribution in [3.05, 3.63) is 23.4 Å². The molecule has 0 bridgehead atoms. The number of nitriles is 2. The molecule has 2 rings (SSSR count). The molecule has 0 radical (unpaired) electrons. The predicted octanol–water partition coefficient (Wildman–Crippen LogP) is 1.27. The minimum atomic E-state index is -0.429. The van der Waals surface area contributed by atoms with E-state index in [-0.39, 0.29) is 17.2 Å². The molecule has 1 amide bonds. The van der Waals surface area contributed by atoms with Crippen molar-refractivity contribution in [2.45, 2.75) is 25.3 Å². The number of rotatable bonds is 7. The van der Waals surface area contributed by atoms with Crippen LogP contribution in [0.25, 0.3) is 0 Å². The van der Waals surface area contributed by atoms with Gasteiger partial charge in [-0.15, -0.1) is 11.8 Å². The Balaban J connectivity index is 1.69. The first-order chi connectivity index (χ1) is 11.7. The second-order valence-corrected chi connectivity index (χ2v) is 6.56. The number of amides is 1. The van der Waals surface area contributed by atoms with Crippen molar-refractivity contribution in [2.75, 3.05) is 30.0 Å². The van der Waals surface area contributed by atoms with Gasteiger partial charge in [0.2, 0.25) is 5.91 Å². The number of nitrogens with zero attached hydrogens (tertiary/aromatic N) is 4. The van der Waals surface area contributed by atoms with E-state index >= 15 is 0 Å². The number of anilines is 1. The normalized spacial score (nSPS) is 14.7. The SMILES string of the molecule is N#Cc1ccc(NCCCC[C@H](N)C(=O)N2CCSC2)nc1C#N. The molecule has 1 atom stereocenters. The van der Waals surface area contributed by atoms with Crippen molar-refractivity contribution in [3.8, 4) is 12.1 Å². The molecule has 0 spiro atoms. The number of hydrogen-bond acceptors (Lipinski definition) is 7. The van der Waals surface area contributed by atoms with Crippen molar-refractivity contribution in [2.24, 2.45) is 5.73 Å².